The first kappa shape index (κ1) is 14.3. The largest absolute Gasteiger partial charge is 0.481 e. The van der Waals surface area contributed by atoms with Gasteiger partial charge in [0.05, 0.1) is 10.7 Å². The second-order valence-corrected chi connectivity index (χ2v) is 4.93. The van der Waals surface area contributed by atoms with E-state index in [1.165, 1.54) is 6.07 Å². The van der Waals surface area contributed by atoms with Crippen LogP contribution in [0, 0.1) is 6.92 Å². The van der Waals surface area contributed by atoms with Crippen molar-refractivity contribution >= 4 is 17.6 Å². The van der Waals surface area contributed by atoms with E-state index < -0.39 is 5.97 Å². The van der Waals surface area contributed by atoms with Crippen LogP contribution in [-0.2, 0) is 11.2 Å². The van der Waals surface area contributed by atoms with Crippen molar-refractivity contribution < 1.29 is 9.90 Å². The second kappa shape index (κ2) is 5.92. The molecular weight excluding hydrogens is 278 g/mol. The highest BCUT2D eigenvalue weighted by Crippen LogP contribution is 2.21. The van der Waals surface area contributed by atoms with Crippen molar-refractivity contribution in [2.45, 2.75) is 19.8 Å². The molecule has 1 aromatic carbocycles. The second-order valence-electron chi connectivity index (χ2n) is 4.52. The van der Waals surface area contributed by atoms with Crippen LogP contribution in [0.3, 0.4) is 0 Å². The van der Waals surface area contributed by atoms with Gasteiger partial charge in [-0.3, -0.25) is 9.59 Å². The molecule has 0 bridgehead atoms. The zero-order chi connectivity index (χ0) is 14.7. The van der Waals surface area contributed by atoms with E-state index in [4.69, 9.17) is 16.7 Å². The van der Waals surface area contributed by atoms with E-state index in [0.717, 1.165) is 11.4 Å². The van der Waals surface area contributed by atoms with Crippen molar-refractivity contribution in [2.75, 3.05) is 0 Å². The molecular formula is C15H14ClNO3. The fourth-order valence-electron chi connectivity index (χ4n) is 2.01. The molecule has 0 aliphatic carbocycles. The van der Waals surface area contributed by atoms with Crippen LogP contribution < -0.4 is 5.43 Å². The first-order chi connectivity index (χ1) is 9.49. The van der Waals surface area contributed by atoms with Crippen molar-refractivity contribution in [3.63, 3.8) is 0 Å². The Morgan fingerprint density at radius 3 is 2.70 bits per heavy atom. The van der Waals surface area contributed by atoms with Crippen LogP contribution >= 0.6 is 11.6 Å². The van der Waals surface area contributed by atoms with Crippen LogP contribution in [0.1, 0.15) is 17.7 Å². The van der Waals surface area contributed by atoms with Gasteiger partial charge in [0.15, 0.2) is 5.43 Å². The minimum absolute atomic E-state index is 0.0686. The van der Waals surface area contributed by atoms with E-state index in [2.05, 4.69) is 0 Å². The Hall–Kier alpha value is -2.07. The normalized spacial score (nSPS) is 10.5. The molecule has 1 heterocycles. The molecule has 0 fully saturated rings. The molecule has 0 saturated heterocycles. The maximum Gasteiger partial charge on any atom is 0.303 e. The molecule has 2 rings (SSSR count). The number of carboxylic acids is 1. The number of halogens is 1. The number of aromatic nitrogens is 1. The highest BCUT2D eigenvalue weighted by Gasteiger charge is 2.09. The van der Waals surface area contributed by atoms with Gasteiger partial charge in [0.2, 0.25) is 0 Å². The Bertz CT molecular complexity index is 707. The monoisotopic (exact) mass is 291 g/mol. The fraction of sp³-hybridized carbons (Fsp3) is 0.200. The maximum atomic E-state index is 11.9. The summed E-state index contributed by atoms with van der Waals surface area (Å²) >= 11 is 6.16. The summed E-state index contributed by atoms with van der Waals surface area (Å²) in [7, 11) is 0. The average molecular weight is 292 g/mol. The van der Waals surface area contributed by atoms with Crippen molar-refractivity contribution in [3.05, 3.63) is 63.0 Å². The molecule has 0 radical (unpaired) electrons. The van der Waals surface area contributed by atoms with Gasteiger partial charge in [0.25, 0.3) is 0 Å². The van der Waals surface area contributed by atoms with E-state index in [1.807, 2.05) is 25.1 Å². The molecule has 1 N–H and O–H groups in total. The summed E-state index contributed by atoms with van der Waals surface area (Å²) in [5, 5.41) is 9.29. The van der Waals surface area contributed by atoms with Gasteiger partial charge in [-0.15, -0.1) is 0 Å². The summed E-state index contributed by atoms with van der Waals surface area (Å²) in [5.74, 6) is -0.922. The van der Waals surface area contributed by atoms with E-state index in [-0.39, 0.29) is 18.3 Å². The lowest BCUT2D eigenvalue weighted by molar-refractivity contribution is -0.136. The summed E-state index contributed by atoms with van der Waals surface area (Å²) in [6.45, 7) is 1.81. The zero-order valence-corrected chi connectivity index (χ0v) is 11.7. The van der Waals surface area contributed by atoms with Gasteiger partial charge in [0.1, 0.15) is 0 Å². The number of benzene rings is 1. The number of hydrogen-bond donors (Lipinski definition) is 1. The molecule has 104 valence electrons. The standard InChI is InChI=1S/C15H14ClNO3/c1-10-8-14(18)11(6-7-15(19)20)9-17(10)13-5-3-2-4-12(13)16/h2-5,8-9H,6-7H2,1H3,(H,19,20). The predicted octanol–water partition coefficient (Wildman–Crippen LogP) is 2.82. The van der Waals surface area contributed by atoms with Gasteiger partial charge >= 0.3 is 5.97 Å². The highest BCUT2D eigenvalue weighted by atomic mass is 35.5. The highest BCUT2D eigenvalue weighted by molar-refractivity contribution is 6.32. The Labute approximate surface area is 121 Å². The molecule has 0 unspecified atom stereocenters. The minimum atomic E-state index is -0.922. The lowest BCUT2D eigenvalue weighted by atomic mass is 10.1. The van der Waals surface area contributed by atoms with Crippen molar-refractivity contribution in [1.82, 2.24) is 4.57 Å². The first-order valence-electron chi connectivity index (χ1n) is 6.18. The molecule has 0 atom stereocenters. The van der Waals surface area contributed by atoms with Crippen molar-refractivity contribution in [3.8, 4) is 5.69 Å². The van der Waals surface area contributed by atoms with Gasteiger partial charge in [-0.25, -0.2) is 0 Å². The number of carboxylic acid groups (broad SMARTS) is 1. The van der Waals surface area contributed by atoms with E-state index >= 15 is 0 Å². The molecule has 0 amide bonds. The molecule has 2 aromatic rings. The number of aryl methyl sites for hydroxylation is 2. The van der Waals surface area contributed by atoms with Crippen LogP contribution in [-0.4, -0.2) is 15.6 Å². The lowest BCUT2D eigenvalue weighted by Gasteiger charge is -2.13. The quantitative estimate of drug-likeness (QED) is 0.942. The van der Waals surface area contributed by atoms with Gasteiger partial charge in [0, 0.05) is 29.9 Å². The summed E-state index contributed by atoms with van der Waals surface area (Å²) in [5.41, 5.74) is 1.84. The maximum absolute atomic E-state index is 11.9. The Balaban J connectivity index is 2.49. The molecule has 20 heavy (non-hydrogen) atoms. The lowest BCUT2D eigenvalue weighted by Crippen LogP contribution is -2.15. The average Bonchev–Trinajstić information content (AvgIpc) is 2.39. The van der Waals surface area contributed by atoms with Crippen LogP contribution in [0.15, 0.2) is 41.3 Å². The Morgan fingerprint density at radius 1 is 1.35 bits per heavy atom. The number of rotatable bonds is 4. The fourth-order valence-corrected chi connectivity index (χ4v) is 2.24. The number of pyridine rings is 1. The number of para-hydroxylation sites is 1. The SMILES string of the molecule is Cc1cc(=O)c(CCC(=O)O)cn1-c1ccccc1Cl. The van der Waals surface area contributed by atoms with Gasteiger partial charge < -0.3 is 9.67 Å². The predicted molar refractivity (Wildman–Crippen MR) is 77.7 cm³/mol. The van der Waals surface area contributed by atoms with Crippen molar-refractivity contribution in [1.29, 1.82) is 0 Å². The molecule has 1 aromatic heterocycles. The van der Waals surface area contributed by atoms with Gasteiger partial charge in [-0.1, -0.05) is 23.7 Å². The molecule has 0 saturated carbocycles. The number of nitrogens with zero attached hydrogens (tertiary/aromatic N) is 1. The third kappa shape index (κ3) is 3.08. The summed E-state index contributed by atoms with van der Waals surface area (Å²) in [6, 6.07) is 8.80. The molecule has 0 aliphatic heterocycles. The Morgan fingerprint density at radius 2 is 2.05 bits per heavy atom. The Kier molecular flexibility index (Phi) is 4.25. The summed E-state index contributed by atoms with van der Waals surface area (Å²) < 4.78 is 1.81. The van der Waals surface area contributed by atoms with Crippen LogP contribution in [0.25, 0.3) is 5.69 Å². The number of carbonyl (C=O) groups is 1. The third-order valence-electron chi connectivity index (χ3n) is 3.04. The van der Waals surface area contributed by atoms with Crippen LogP contribution in [0.2, 0.25) is 5.02 Å². The van der Waals surface area contributed by atoms with Gasteiger partial charge in [-0.05, 0) is 25.5 Å². The molecule has 5 heteroatoms. The van der Waals surface area contributed by atoms with Crippen molar-refractivity contribution in [2.24, 2.45) is 0 Å². The molecule has 0 spiro atoms. The van der Waals surface area contributed by atoms with E-state index in [9.17, 15) is 9.59 Å². The smallest absolute Gasteiger partial charge is 0.303 e. The third-order valence-corrected chi connectivity index (χ3v) is 3.36. The van der Waals surface area contributed by atoms with E-state index in [1.54, 1.807) is 16.8 Å². The number of hydrogen-bond acceptors (Lipinski definition) is 2. The summed E-state index contributed by atoms with van der Waals surface area (Å²) in [6.07, 6.45) is 1.81. The topological polar surface area (TPSA) is 59.3 Å². The zero-order valence-electron chi connectivity index (χ0n) is 11.0. The van der Waals surface area contributed by atoms with Crippen LogP contribution in [0.5, 0.6) is 0 Å². The molecule has 0 aliphatic rings. The van der Waals surface area contributed by atoms with Crippen LogP contribution in [0.4, 0.5) is 0 Å². The minimum Gasteiger partial charge on any atom is -0.481 e. The molecule has 4 nitrogen and oxygen atoms in total. The van der Waals surface area contributed by atoms with Gasteiger partial charge in [-0.2, -0.15) is 0 Å². The summed E-state index contributed by atoms with van der Waals surface area (Å²) in [4.78, 5) is 22.5. The first-order valence-corrected chi connectivity index (χ1v) is 6.55. The number of aliphatic carboxylic acids is 1. The van der Waals surface area contributed by atoms with E-state index in [0.29, 0.717) is 10.6 Å².